The molecule has 1 aliphatic heterocycles. The third-order valence-electron chi connectivity index (χ3n) is 3.64. The fraction of sp³-hybridized carbons (Fsp3) is 0.250. The summed E-state index contributed by atoms with van der Waals surface area (Å²) in [5, 5.41) is 4.85. The molecule has 114 valence electrons. The van der Waals surface area contributed by atoms with Gasteiger partial charge in [-0.25, -0.2) is 0 Å². The summed E-state index contributed by atoms with van der Waals surface area (Å²) < 4.78 is 0. The molecular formula is C16H16N2O2S2. The molecule has 1 saturated heterocycles. The third kappa shape index (κ3) is 3.03. The number of likely N-dealkylation sites (tertiary alicyclic amines) is 1. The monoisotopic (exact) mass is 332 g/mol. The van der Waals surface area contributed by atoms with Gasteiger partial charge < -0.3 is 10.2 Å². The van der Waals surface area contributed by atoms with Gasteiger partial charge in [0.1, 0.15) is 0 Å². The molecule has 0 bridgehead atoms. The van der Waals surface area contributed by atoms with Gasteiger partial charge in [0.25, 0.3) is 5.91 Å². The van der Waals surface area contributed by atoms with E-state index < -0.39 is 0 Å². The Morgan fingerprint density at radius 2 is 2.00 bits per heavy atom. The minimum atomic E-state index is -0.126. The highest BCUT2D eigenvalue weighted by Crippen LogP contribution is 2.27. The molecule has 1 aromatic heterocycles. The van der Waals surface area contributed by atoms with Crippen molar-refractivity contribution >= 4 is 40.6 Å². The number of hydrogen-bond donors (Lipinski definition) is 1. The standard InChI is InChI=1S/C16H16N2O2S2/c1-21-13-6-3-2-5-12(13)17-15(19)11-9-18(10-11)16(20)14-7-4-8-22-14/h2-8,11H,9-10H2,1H3,(H,17,19). The molecule has 1 N–H and O–H groups in total. The average Bonchev–Trinajstić information content (AvgIpc) is 3.00. The van der Waals surface area contributed by atoms with Crippen LogP contribution < -0.4 is 5.32 Å². The zero-order chi connectivity index (χ0) is 15.5. The second-order valence-corrected chi connectivity index (χ2v) is 6.87. The molecule has 0 aliphatic carbocycles. The molecule has 0 spiro atoms. The van der Waals surface area contributed by atoms with Crippen LogP contribution in [0.5, 0.6) is 0 Å². The molecule has 22 heavy (non-hydrogen) atoms. The number of carbonyl (C=O) groups excluding carboxylic acids is 2. The minimum Gasteiger partial charge on any atom is -0.336 e. The van der Waals surface area contributed by atoms with Crippen molar-refractivity contribution in [3.8, 4) is 0 Å². The van der Waals surface area contributed by atoms with E-state index in [-0.39, 0.29) is 17.7 Å². The van der Waals surface area contributed by atoms with E-state index in [1.807, 2.05) is 48.0 Å². The molecule has 1 fully saturated rings. The maximum absolute atomic E-state index is 12.3. The fourth-order valence-electron chi connectivity index (χ4n) is 2.35. The summed E-state index contributed by atoms with van der Waals surface area (Å²) in [6, 6.07) is 11.4. The second kappa shape index (κ2) is 6.54. The van der Waals surface area contributed by atoms with Gasteiger partial charge in [-0.3, -0.25) is 9.59 Å². The topological polar surface area (TPSA) is 49.4 Å². The average molecular weight is 332 g/mol. The smallest absolute Gasteiger partial charge is 0.263 e. The molecular weight excluding hydrogens is 316 g/mol. The predicted molar refractivity (Wildman–Crippen MR) is 90.6 cm³/mol. The maximum Gasteiger partial charge on any atom is 0.263 e. The lowest BCUT2D eigenvalue weighted by atomic mass is 9.98. The van der Waals surface area contributed by atoms with Gasteiger partial charge >= 0.3 is 0 Å². The summed E-state index contributed by atoms with van der Waals surface area (Å²) in [6.45, 7) is 0.980. The van der Waals surface area contributed by atoms with Crippen molar-refractivity contribution in [2.45, 2.75) is 4.90 Å². The molecule has 2 amide bonds. The molecule has 1 aliphatic rings. The van der Waals surface area contributed by atoms with Gasteiger partial charge in [-0.05, 0) is 29.8 Å². The van der Waals surface area contributed by atoms with Gasteiger partial charge in [0.05, 0.1) is 16.5 Å². The van der Waals surface area contributed by atoms with Crippen LogP contribution in [-0.2, 0) is 4.79 Å². The number of thioether (sulfide) groups is 1. The Labute approximate surface area is 137 Å². The first kappa shape index (κ1) is 15.1. The summed E-state index contributed by atoms with van der Waals surface area (Å²) in [5.74, 6) is -0.126. The number of nitrogens with zero attached hydrogens (tertiary/aromatic N) is 1. The SMILES string of the molecule is CSc1ccccc1NC(=O)C1CN(C(=O)c2cccs2)C1. The zero-order valence-corrected chi connectivity index (χ0v) is 13.7. The molecule has 6 heteroatoms. The number of benzene rings is 1. The van der Waals surface area contributed by atoms with Crippen molar-refractivity contribution in [1.82, 2.24) is 4.90 Å². The number of nitrogens with one attached hydrogen (secondary N) is 1. The van der Waals surface area contributed by atoms with Crippen molar-refractivity contribution in [2.24, 2.45) is 5.92 Å². The number of amides is 2. The summed E-state index contributed by atoms with van der Waals surface area (Å²) >= 11 is 3.03. The van der Waals surface area contributed by atoms with Crippen LogP contribution in [0.2, 0.25) is 0 Å². The van der Waals surface area contributed by atoms with Gasteiger partial charge in [0.15, 0.2) is 0 Å². The molecule has 1 aromatic carbocycles. The Bertz CT molecular complexity index is 679. The van der Waals surface area contributed by atoms with Crippen molar-refractivity contribution in [2.75, 3.05) is 24.7 Å². The molecule has 0 unspecified atom stereocenters. The Morgan fingerprint density at radius 3 is 2.68 bits per heavy atom. The van der Waals surface area contributed by atoms with E-state index in [2.05, 4.69) is 5.32 Å². The first-order valence-corrected chi connectivity index (χ1v) is 9.06. The number of rotatable bonds is 4. The van der Waals surface area contributed by atoms with Crippen LogP contribution in [0.25, 0.3) is 0 Å². The largest absolute Gasteiger partial charge is 0.336 e. The molecule has 0 saturated carbocycles. The molecule has 2 heterocycles. The van der Waals surface area contributed by atoms with Gasteiger partial charge in [-0.2, -0.15) is 0 Å². The number of carbonyl (C=O) groups is 2. The third-order valence-corrected chi connectivity index (χ3v) is 5.29. The highest BCUT2D eigenvalue weighted by molar-refractivity contribution is 7.98. The van der Waals surface area contributed by atoms with E-state index in [1.165, 1.54) is 11.3 Å². The normalized spacial score (nSPS) is 14.5. The summed E-state index contributed by atoms with van der Waals surface area (Å²) in [4.78, 5) is 27.9. The quantitative estimate of drug-likeness (QED) is 0.875. The highest BCUT2D eigenvalue weighted by atomic mass is 32.2. The van der Waals surface area contributed by atoms with Crippen LogP contribution in [0.1, 0.15) is 9.67 Å². The molecule has 0 atom stereocenters. The Balaban J connectivity index is 1.56. The van der Waals surface area contributed by atoms with Crippen molar-refractivity contribution < 1.29 is 9.59 Å². The number of para-hydroxylation sites is 1. The van der Waals surface area contributed by atoms with Crippen LogP contribution in [0.15, 0.2) is 46.7 Å². The Morgan fingerprint density at radius 1 is 1.23 bits per heavy atom. The predicted octanol–water partition coefficient (Wildman–Crippen LogP) is 3.18. The number of anilines is 1. The van der Waals surface area contributed by atoms with Gasteiger partial charge in [0, 0.05) is 18.0 Å². The fourth-order valence-corrected chi connectivity index (χ4v) is 3.59. The Kier molecular flexibility index (Phi) is 4.49. The van der Waals surface area contributed by atoms with Crippen molar-refractivity contribution in [3.63, 3.8) is 0 Å². The van der Waals surface area contributed by atoms with E-state index >= 15 is 0 Å². The summed E-state index contributed by atoms with van der Waals surface area (Å²) in [6.07, 6.45) is 1.98. The van der Waals surface area contributed by atoms with E-state index in [1.54, 1.807) is 16.7 Å². The van der Waals surface area contributed by atoms with E-state index in [0.29, 0.717) is 13.1 Å². The van der Waals surface area contributed by atoms with Crippen LogP contribution in [0.3, 0.4) is 0 Å². The maximum atomic E-state index is 12.3. The van der Waals surface area contributed by atoms with Gasteiger partial charge in [-0.15, -0.1) is 23.1 Å². The van der Waals surface area contributed by atoms with Crippen molar-refractivity contribution in [1.29, 1.82) is 0 Å². The first-order chi connectivity index (χ1) is 10.7. The highest BCUT2D eigenvalue weighted by Gasteiger charge is 2.36. The zero-order valence-electron chi connectivity index (χ0n) is 12.1. The van der Waals surface area contributed by atoms with Crippen LogP contribution in [-0.4, -0.2) is 36.1 Å². The number of thiophene rings is 1. The molecule has 4 nitrogen and oxygen atoms in total. The van der Waals surface area contributed by atoms with Gasteiger partial charge in [0.2, 0.25) is 5.91 Å². The van der Waals surface area contributed by atoms with E-state index in [9.17, 15) is 9.59 Å². The lowest BCUT2D eigenvalue weighted by molar-refractivity contribution is -0.123. The van der Waals surface area contributed by atoms with E-state index in [4.69, 9.17) is 0 Å². The number of hydrogen-bond acceptors (Lipinski definition) is 4. The summed E-state index contributed by atoms with van der Waals surface area (Å²) in [5.41, 5.74) is 0.836. The van der Waals surface area contributed by atoms with Crippen LogP contribution in [0.4, 0.5) is 5.69 Å². The minimum absolute atomic E-state index is 0.0169. The second-order valence-electron chi connectivity index (χ2n) is 5.07. The van der Waals surface area contributed by atoms with Crippen molar-refractivity contribution in [3.05, 3.63) is 46.7 Å². The lowest BCUT2D eigenvalue weighted by Gasteiger charge is -2.38. The molecule has 0 radical (unpaired) electrons. The molecule has 3 rings (SSSR count). The van der Waals surface area contributed by atoms with Gasteiger partial charge in [-0.1, -0.05) is 18.2 Å². The summed E-state index contributed by atoms with van der Waals surface area (Å²) in [7, 11) is 0. The lowest BCUT2D eigenvalue weighted by Crippen LogP contribution is -2.54. The van der Waals surface area contributed by atoms with Crippen LogP contribution in [0, 0.1) is 5.92 Å². The first-order valence-electron chi connectivity index (χ1n) is 6.95. The Hall–Kier alpha value is -1.79. The molecule has 2 aromatic rings. The van der Waals surface area contributed by atoms with Crippen LogP contribution >= 0.6 is 23.1 Å². The van der Waals surface area contributed by atoms with E-state index in [0.717, 1.165) is 15.5 Å².